The molecule has 1 aromatic carbocycles. The van der Waals surface area contributed by atoms with Gasteiger partial charge in [-0.3, -0.25) is 14.6 Å². The van der Waals surface area contributed by atoms with E-state index in [9.17, 15) is 9.59 Å². The van der Waals surface area contributed by atoms with E-state index in [1.165, 1.54) is 12.1 Å². The van der Waals surface area contributed by atoms with Crippen molar-refractivity contribution < 1.29 is 14.1 Å². The van der Waals surface area contributed by atoms with Crippen LogP contribution in [0.1, 0.15) is 0 Å². The molecule has 0 spiro atoms. The highest BCUT2D eigenvalue weighted by atomic mass is 16.5. The first-order chi connectivity index (χ1) is 14.6. The van der Waals surface area contributed by atoms with Gasteiger partial charge < -0.3 is 14.6 Å². The third-order valence-corrected chi connectivity index (χ3v) is 4.12. The maximum absolute atomic E-state index is 12.3. The minimum Gasteiger partial charge on any atom is -0.497 e. The summed E-state index contributed by atoms with van der Waals surface area (Å²) in [6.45, 7) is -0.274. The normalized spacial score (nSPS) is 10.6. The van der Waals surface area contributed by atoms with E-state index >= 15 is 0 Å². The summed E-state index contributed by atoms with van der Waals surface area (Å²) in [5.41, 5.74) is 1.15. The van der Waals surface area contributed by atoms with E-state index in [0.717, 1.165) is 10.2 Å². The zero-order valence-electron chi connectivity index (χ0n) is 15.8. The van der Waals surface area contributed by atoms with Gasteiger partial charge in [0.05, 0.1) is 7.11 Å². The molecule has 0 fully saturated rings. The molecule has 1 amide bonds. The van der Waals surface area contributed by atoms with E-state index < -0.39 is 11.5 Å². The summed E-state index contributed by atoms with van der Waals surface area (Å²) in [6.07, 6.45) is 3.23. The lowest BCUT2D eigenvalue weighted by Crippen LogP contribution is -2.29. The van der Waals surface area contributed by atoms with Crippen molar-refractivity contribution in [2.24, 2.45) is 0 Å². The number of pyridine rings is 1. The van der Waals surface area contributed by atoms with Gasteiger partial charge in [0.15, 0.2) is 0 Å². The van der Waals surface area contributed by atoms with Crippen LogP contribution in [0.3, 0.4) is 0 Å². The molecule has 10 nitrogen and oxygen atoms in total. The Hall–Kier alpha value is -4.34. The number of hydrogen-bond acceptors (Lipinski definition) is 8. The van der Waals surface area contributed by atoms with Crippen molar-refractivity contribution in [3.63, 3.8) is 0 Å². The van der Waals surface area contributed by atoms with Crippen molar-refractivity contribution in [2.45, 2.75) is 6.54 Å². The number of aromatic nitrogens is 5. The molecule has 0 bridgehead atoms. The molecule has 0 radical (unpaired) electrons. The SMILES string of the molecule is COc1ccc(NC(=O)Cn2nc(-c3nc(-c4ccncc4)no3)ccc2=O)cc1. The average molecular weight is 404 g/mol. The monoisotopic (exact) mass is 404 g/mol. The number of rotatable bonds is 6. The predicted octanol–water partition coefficient (Wildman–Crippen LogP) is 2.00. The molecule has 1 N–H and O–H groups in total. The van der Waals surface area contributed by atoms with Gasteiger partial charge in [0.1, 0.15) is 18.0 Å². The van der Waals surface area contributed by atoms with Gasteiger partial charge in [0.2, 0.25) is 11.7 Å². The Morgan fingerprint density at radius 3 is 2.60 bits per heavy atom. The first-order valence-corrected chi connectivity index (χ1v) is 8.89. The Labute approximate surface area is 170 Å². The zero-order valence-corrected chi connectivity index (χ0v) is 15.8. The van der Waals surface area contributed by atoms with E-state index in [1.807, 2.05) is 0 Å². The molecule has 0 aliphatic rings. The average Bonchev–Trinajstić information content (AvgIpc) is 3.27. The molecule has 30 heavy (non-hydrogen) atoms. The molecule has 0 unspecified atom stereocenters. The summed E-state index contributed by atoms with van der Waals surface area (Å²) in [5, 5.41) is 10.8. The maximum atomic E-state index is 12.3. The molecule has 3 heterocycles. The fourth-order valence-electron chi connectivity index (χ4n) is 2.63. The minimum absolute atomic E-state index is 0.131. The van der Waals surface area contributed by atoms with Gasteiger partial charge >= 0.3 is 0 Å². The molecule has 0 atom stereocenters. The largest absolute Gasteiger partial charge is 0.497 e. The Bertz CT molecular complexity index is 1220. The standard InChI is InChI=1S/C20H16N6O4/c1-29-15-4-2-14(3-5-15)22-17(27)12-26-18(28)7-6-16(24-26)20-23-19(25-30-20)13-8-10-21-11-9-13/h2-11H,12H2,1H3,(H,22,27). The van der Waals surface area contributed by atoms with Crippen molar-refractivity contribution in [2.75, 3.05) is 12.4 Å². The summed E-state index contributed by atoms with van der Waals surface area (Å²) in [6, 6.07) is 13.1. The quantitative estimate of drug-likeness (QED) is 0.517. The smallest absolute Gasteiger partial charge is 0.278 e. The second-order valence-electron chi connectivity index (χ2n) is 6.15. The fraction of sp³-hybridized carbons (Fsp3) is 0.100. The number of carbonyl (C=O) groups is 1. The van der Waals surface area contributed by atoms with Crippen LogP contribution in [0.15, 0.2) is 70.2 Å². The van der Waals surface area contributed by atoms with E-state index in [4.69, 9.17) is 9.26 Å². The first-order valence-electron chi connectivity index (χ1n) is 8.89. The molecule has 150 valence electrons. The summed E-state index contributed by atoms with van der Waals surface area (Å²) >= 11 is 0. The van der Waals surface area contributed by atoms with Crippen LogP contribution in [0.25, 0.3) is 23.0 Å². The number of benzene rings is 1. The molecule has 4 aromatic rings. The van der Waals surface area contributed by atoms with Crippen molar-refractivity contribution in [3.05, 3.63) is 71.3 Å². The predicted molar refractivity (Wildman–Crippen MR) is 107 cm³/mol. The number of hydrogen-bond donors (Lipinski definition) is 1. The van der Waals surface area contributed by atoms with E-state index in [-0.39, 0.29) is 18.1 Å². The molecule has 4 rings (SSSR count). The number of ether oxygens (including phenoxy) is 1. The van der Waals surface area contributed by atoms with Crippen LogP contribution in [0, 0.1) is 0 Å². The van der Waals surface area contributed by atoms with Gasteiger partial charge in [0, 0.05) is 29.7 Å². The van der Waals surface area contributed by atoms with Gasteiger partial charge in [-0.25, -0.2) is 4.68 Å². The van der Waals surface area contributed by atoms with Crippen LogP contribution in [0.4, 0.5) is 5.69 Å². The van der Waals surface area contributed by atoms with Crippen LogP contribution in [-0.2, 0) is 11.3 Å². The van der Waals surface area contributed by atoms with Crippen LogP contribution in [0.2, 0.25) is 0 Å². The Kier molecular flexibility index (Phi) is 5.29. The van der Waals surface area contributed by atoms with Crippen molar-refractivity contribution >= 4 is 11.6 Å². The molecule has 0 saturated heterocycles. The lowest BCUT2D eigenvalue weighted by Gasteiger charge is -2.08. The van der Waals surface area contributed by atoms with Crippen LogP contribution >= 0.6 is 0 Å². The van der Waals surface area contributed by atoms with Gasteiger partial charge in [-0.2, -0.15) is 10.1 Å². The number of amides is 1. The lowest BCUT2D eigenvalue weighted by atomic mass is 10.2. The molecule has 0 aliphatic heterocycles. The lowest BCUT2D eigenvalue weighted by molar-refractivity contribution is -0.117. The molecular formula is C20H16N6O4. The van der Waals surface area contributed by atoms with Crippen LogP contribution < -0.4 is 15.6 Å². The van der Waals surface area contributed by atoms with Gasteiger partial charge in [-0.05, 0) is 42.5 Å². The first kappa shape index (κ1) is 19.0. The van der Waals surface area contributed by atoms with Gasteiger partial charge in [0.25, 0.3) is 11.4 Å². The van der Waals surface area contributed by atoms with Crippen molar-refractivity contribution in [1.82, 2.24) is 24.9 Å². The highest BCUT2D eigenvalue weighted by molar-refractivity contribution is 5.90. The number of methoxy groups -OCH3 is 1. The highest BCUT2D eigenvalue weighted by Gasteiger charge is 2.14. The van der Waals surface area contributed by atoms with Gasteiger partial charge in [-0.1, -0.05) is 5.16 Å². The molecule has 3 aromatic heterocycles. The van der Waals surface area contributed by atoms with E-state index in [1.54, 1.807) is 55.9 Å². The summed E-state index contributed by atoms with van der Waals surface area (Å²) in [5.74, 6) is 0.759. The summed E-state index contributed by atoms with van der Waals surface area (Å²) < 4.78 is 11.4. The Balaban J connectivity index is 1.51. The number of nitrogens with zero attached hydrogens (tertiary/aromatic N) is 5. The Morgan fingerprint density at radius 1 is 1.10 bits per heavy atom. The van der Waals surface area contributed by atoms with Crippen LogP contribution in [0.5, 0.6) is 5.75 Å². The topological polar surface area (TPSA) is 125 Å². The maximum Gasteiger partial charge on any atom is 0.278 e. The van der Waals surface area contributed by atoms with Crippen molar-refractivity contribution in [1.29, 1.82) is 0 Å². The van der Waals surface area contributed by atoms with E-state index in [0.29, 0.717) is 17.3 Å². The Morgan fingerprint density at radius 2 is 1.87 bits per heavy atom. The van der Waals surface area contributed by atoms with E-state index in [2.05, 4.69) is 25.5 Å². The summed E-state index contributed by atoms with van der Waals surface area (Å²) in [7, 11) is 1.56. The third kappa shape index (κ3) is 4.22. The second-order valence-corrected chi connectivity index (χ2v) is 6.15. The minimum atomic E-state index is -0.433. The molecular weight excluding hydrogens is 388 g/mol. The fourth-order valence-corrected chi connectivity index (χ4v) is 2.63. The highest BCUT2D eigenvalue weighted by Crippen LogP contribution is 2.19. The van der Waals surface area contributed by atoms with Crippen LogP contribution in [-0.4, -0.2) is 37.9 Å². The summed E-state index contributed by atoms with van der Waals surface area (Å²) in [4.78, 5) is 32.7. The number of anilines is 1. The third-order valence-electron chi connectivity index (χ3n) is 4.12. The molecule has 10 heteroatoms. The van der Waals surface area contributed by atoms with Crippen molar-refractivity contribution in [3.8, 4) is 28.7 Å². The molecule has 0 saturated carbocycles. The van der Waals surface area contributed by atoms with Gasteiger partial charge in [-0.15, -0.1) is 0 Å². The number of carbonyl (C=O) groups excluding carboxylic acids is 1. The zero-order chi connectivity index (χ0) is 20.9. The second kappa shape index (κ2) is 8.35. The number of nitrogens with one attached hydrogen (secondary N) is 1. The molecule has 0 aliphatic carbocycles.